The number of hydrogen-bond acceptors (Lipinski definition) is 4. The summed E-state index contributed by atoms with van der Waals surface area (Å²) >= 11 is 1.81. The second-order valence-corrected chi connectivity index (χ2v) is 11.2. The minimum absolute atomic E-state index is 0.877. The number of para-hydroxylation sites is 2. The Morgan fingerprint density at radius 2 is 1.15 bits per heavy atom. The Kier molecular flexibility index (Phi) is 4.48. The van der Waals surface area contributed by atoms with E-state index in [1.807, 2.05) is 41.7 Å². The Hall–Kier alpha value is -5.06. The summed E-state index contributed by atoms with van der Waals surface area (Å²) in [5.74, 6) is 1.82. The van der Waals surface area contributed by atoms with Crippen LogP contribution < -0.4 is 4.74 Å². The zero-order valence-electron chi connectivity index (χ0n) is 21.3. The second kappa shape index (κ2) is 8.22. The van der Waals surface area contributed by atoms with Crippen molar-refractivity contribution in [2.75, 3.05) is 0 Å². The zero-order valence-corrected chi connectivity index (χ0v) is 22.1. The zero-order chi connectivity index (χ0) is 26.2. The van der Waals surface area contributed by atoms with Crippen LogP contribution in [0.1, 0.15) is 0 Å². The standard InChI is InChI=1S/C36H20N2OS/c1-2-9-21(10-3-1)22-11-6-12-23(19-22)35-36(38-27-15-5-4-14-26(27)37-35)25-20-31-34-32-24(25)13-7-16-28(32)39-29-17-8-18-30(40-31)33(29)34/h1-20H. The molecule has 0 saturated carbocycles. The molecule has 0 fully saturated rings. The highest BCUT2D eigenvalue weighted by atomic mass is 32.1. The molecule has 8 aromatic rings. The third kappa shape index (κ3) is 3.11. The van der Waals surface area contributed by atoms with E-state index in [9.17, 15) is 0 Å². The largest absolute Gasteiger partial charge is 0.456 e. The van der Waals surface area contributed by atoms with Gasteiger partial charge in [0.1, 0.15) is 11.5 Å². The first kappa shape index (κ1) is 21.8. The highest BCUT2D eigenvalue weighted by Gasteiger charge is 2.25. The maximum Gasteiger partial charge on any atom is 0.136 e. The molecular weight excluding hydrogens is 508 g/mol. The van der Waals surface area contributed by atoms with Gasteiger partial charge < -0.3 is 4.74 Å². The van der Waals surface area contributed by atoms with E-state index in [2.05, 4.69) is 91.0 Å². The molecule has 0 aliphatic carbocycles. The summed E-state index contributed by atoms with van der Waals surface area (Å²) in [6.07, 6.45) is 0. The normalized spacial score (nSPS) is 12.2. The van der Waals surface area contributed by atoms with E-state index in [0.29, 0.717) is 0 Å². The molecule has 2 aromatic heterocycles. The van der Waals surface area contributed by atoms with Gasteiger partial charge in [-0.25, -0.2) is 9.97 Å². The van der Waals surface area contributed by atoms with E-state index in [1.54, 1.807) is 0 Å². The van der Waals surface area contributed by atoms with E-state index in [0.717, 1.165) is 61.4 Å². The van der Waals surface area contributed by atoms with Gasteiger partial charge in [0, 0.05) is 36.7 Å². The molecule has 0 radical (unpaired) electrons. The maximum atomic E-state index is 6.46. The molecule has 6 aromatic carbocycles. The van der Waals surface area contributed by atoms with Crippen molar-refractivity contribution in [2.45, 2.75) is 0 Å². The van der Waals surface area contributed by atoms with E-state index in [1.165, 1.54) is 25.7 Å². The lowest BCUT2D eigenvalue weighted by molar-refractivity contribution is 0.493. The van der Waals surface area contributed by atoms with Gasteiger partial charge >= 0.3 is 0 Å². The Bertz CT molecular complexity index is 2300. The van der Waals surface area contributed by atoms with Gasteiger partial charge in [0.15, 0.2) is 0 Å². The molecule has 1 aliphatic heterocycles. The van der Waals surface area contributed by atoms with Crippen molar-refractivity contribution in [3.05, 3.63) is 121 Å². The summed E-state index contributed by atoms with van der Waals surface area (Å²) in [6, 6.07) is 42.2. The number of ether oxygens (including phenoxy) is 1. The van der Waals surface area contributed by atoms with Gasteiger partial charge in [-0.05, 0) is 59.0 Å². The molecule has 0 atom stereocenters. The lowest BCUT2D eigenvalue weighted by atomic mass is 9.93. The maximum absolute atomic E-state index is 6.46. The van der Waals surface area contributed by atoms with Crippen LogP contribution in [0.15, 0.2) is 121 Å². The molecular formula is C36H20N2OS. The molecule has 4 heteroatoms. The number of hydrogen-bond donors (Lipinski definition) is 0. The van der Waals surface area contributed by atoms with Gasteiger partial charge in [-0.1, -0.05) is 78.9 Å². The fraction of sp³-hybridized carbons (Fsp3) is 0. The van der Waals surface area contributed by atoms with Gasteiger partial charge in [0.2, 0.25) is 0 Å². The third-order valence-electron chi connectivity index (χ3n) is 7.83. The van der Waals surface area contributed by atoms with E-state index < -0.39 is 0 Å². The Balaban J connectivity index is 1.39. The van der Waals surface area contributed by atoms with Crippen LogP contribution in [0.5, 0.6) is 11.5 Å². The van der Waals surface area contributed by atoms with Crippen LogP contribution in [-0.2, 0) is 0 Å². The number of aromatic nitrogens is 2. The monoisotopic (exact) mass is 528 g/mol. The van der Waals surface area contributed by atoms with Crippen LogP contribution in [0.3, 0.4) is 0 Å². The van der Waals surface area contributed by atoms with Crippen molar-refractivity contribution in [1.29, 1.82) is 0 Å². The van der Waals surface area contributed by atoms with E-state index >= 15 is 0 Å². The molecule has 3 heterocycles. The van der Waals surface area contributed by atoms with Crippen LogP contribution in [0.25, 0.3) is 75.6 Å². The Morgan fingerprint density at radius 1 is 0.475 bits per heavy atom. The van der Waals surface area contributed by atoms with Crippen molar-refractivity contribution in [3.8, 4) is 45.1 Å². The summed E-state index contributed by atoms with van der Waals surface area (Å²) in [5.41, 5.74) is 7.97. The molecule has 0 saturated heterocycles. The van der Waals surface area contributed by atoms with Gasteiger partial charge in [-0.3, -0.25) is 0 Å². The highest BCUT2D eigenvalue weighted by molar-refractivity contribution is 7.26. The van der Waals surface area contributed by atoms with Gasteiger partial charge in [-0.15, -0.1) is 11.3 Å². The van der Waals surface area contributed by atoms with Gasteiger partial charge in [0.05, 0.1) is 22.4 Å². The Labute approximate surface area is 234 Å². The van der Waals surface area contributed by atoms with Gasteiger partial charge in [-0.2, -0.15) is 0 Å². The van der Waals surface area contributed by atoms with Crippen LogP contribution in [0.2, 0.25) is 0 Å². The molecule has 40 heavy (non-hydrogen) atoms. The minimum Gasteiger partial charge on any atom is -0.456 e. The summed E-state index contributed by atoms with van der Waals surface area (Å²) in [6.45, 7) is 0. The van der Waals surface area contributed by atoms with Crippen molar-refractivity contribution in [1.82, 2.24) is 9.97 Å². The van der Waals surface area contributed by atoms with Crippen molar-refractivity contribution < 1.29 is 4.74 Å². The molecule has 186 valence electrons. The molecule has 3 nitrogen and oxygen atoms in total. The summed E-state index contributed by atoms with van der Waals surface area (Å²) < 4.78 is 8.93. The fourth-order valence-corrected chi connectivity index (χ4v) is 7.23. The SMILES string of the molecule is c1ccc(-c2cccc(-c3nc4ccccc4nc3-c3cc4sc5cccc6c5c4c4c(cccc34)O6)c2)cc1. The van der Waals surface area contributed by atoms with Crippen LogP contribution >= 0.6 is 11.3 Å². The fourth-order valence-electron chi connectivity index (χ4n) is 6.06. The number of fused-ring (bicyclic) bond motifs is 1. The average Bonchev–Trinajstić information content (AvgIpc) is 3.40. The molecule has 0 spiro atoms. The predicted octanol–water partition coefficient (Wildman–Crippen LogP) is 10.3. The number of rotatable bonds is 3. The first-order chi connectivity index (χ1) is 19.8. The lowest BCUT2D eigenvalue weighted by Crippen LogP contribution is -1.98. The van der Waals surface area contributed by atoms with Crippen LogP contribution in [0.4, 0.5) is 0 Å². The number of benzene rings is 6. The number of nitrogens with zero attached hydrogens (tertiary/aromatic N) is 2. The van der Waals surface area contributed by atoms with Gasteiger partial charge in [0.25, 0.3) is 0 Å². The van der Waals surface area contributed by atoms with Crippen LogP contribution in [-0.4, -0.2) is 9.97 Å². The highest BCUT2D eigenvalue weighted by Crippen LogP contribution is 2.52. The first-order valence-corrected chi connectivity index (χ1v) is 14.2. The molecule has 1 aliphatic rings. The molecule has 0 unspecified atom stereocenters. The minimum atomic E-state index is 0.877. The lowest BCUT2D eigenvalue weighted by Gasteiger charge is -2.19. The predicted molar refractivity (Wildman–Crippen MR) is 166 cm³/mol. The molecule has 0 N–H and O–H groups in total. The third-order valence-corrected chi connectivity index (χ3v) is 8.94. The first-order valence-electron chi connectivity index (χ1n) is 13.3. The van der Waals surface area contributed by atoms with Crippen molar-refractivity contribution in [2.24, 2.45) is 0 Å². The second-order valence-electron chi connectivity index (χ2n) is 10.2. The molecule has 0 amide bonds. The molecule has 0 bridgehead atoms. The summed E-state index contributed by atoms with van der Waals surface area (Å²) in [7, 11) is 0. The quantitative estimate of drug-likeness (QED) is 0.229. The Morgan fingerprint density at radius 3 is 2.00 bits per heavy atom. The van der Waals surface area contributed by atoms with Crippen molar-refractivity contribution >= 4 is 53.3 Å². The van der Waals surface area contributed by atoms with Crippen molar-refractivity contribution in [3.63, 3.8) is 0 Å². The van der Waals surface area contributed by atoms with E-state index in [4.69, 9.17) is 14.7 Å². The number of thiophene rings is 1. The molecule has 9 rings (SSSR count). The van der Waals surface area contributed by atoms with E-state index in [-0.39, 0.29) is 0 Å². The van der Waals surface area contributed by atoms with Crippen LogP contribution in [0, 0.1) is 0 Å². The summed E-state index contributed by atoms with van der Waals surface area (Å²) in [5, 5.41) is 4.76. The average molecular weight is 529 g/mol. The smallest absolute Gasteiger partial charge is 0.136 e. The topological polar surface area (TPSA) is 35.0 Å². The summed E-state index contributed by atoms with van der Waals surface area (Å²) in [4.78, 5) is 10.5.